The summed E-state index contributed by atoms with van der Waals surface area (Å²) in [5.41, 5.74) is 4.12. The summed E-state index contributed by atoms with van der Waals surface area (Å²) >= 11 is 0. The molecule has 1 aliphatic heterocycles. The zero-order chi connectivity index (χ0) is 33.7. The van der Waals surface area contributed by atoms with E-state index < -0.39 is 36.3 Å². The van der Waals surface area contributed by atoms with Crippen molar-refractivity contribution < 1.29 is 28.4 Å². The summed E-state index contributed by atoms with van der Waals surface area (Å²) in [5, 5.41) is 0. The maximum Gasteiger partial charge on any atom is 0.186 e. The first-order chi connectivity index (χ1) is 24.2. The van der Waals surface area contributed by atoms with Crippen molar-refractivity contribution in [2.24, 2.45) is 0 Å². The molecule has 252 valence electrons. The van der Waals surface area contributed by atoms with Crippen molar-refractivity contribution in [3.05, 3.63) is 192 Å². The minimum Gasteiger partial charge on any atom is -0.369 e. The van der Waals surface area contributed by atoms with Gasteiger partial charge in [0.25, 0.3) is 0 Å². The van der Waals surface area contributed by atoms with Crippen LogP contribution in [0.1, 0.15) is 27.8 Å². The highest BCUT2D eigenvalue weighted by Gasteiger charge is 2.50. The van der Waals surface area contributed by atoms with E-state index in [1.807, 2.05) is 115 Å². The van der Waals surface area contributed by atoms with Gasteiger partial charge in [0.1, 0.15) is 30.0 Å². The zero-order valence-corrected chi connectivity index (χ0v) is 27.9. The standard InChI is InChI=1S/C43H44O6/c1-3-29-45-39-38(32-48-43(35-23-13-6-14-24-35,36-25-15-7-16-26-36)37-27-17-8-18-28-37)49-42(44-2)41(47-31-34-21-11-5-12-22-34)40(39)46-30-33-19-9-4-10-20-33/h3-28,38-42H,1,29-32H2,2H3/t38-,39-,40+,41-,42+/m1/s1. The van der Waals surface area contributed by atoms with Gasteiger partial charge < -0.3 is 28.4 Å². The normalized spacial score (nSPS) is 20.9. The molecule has 5 aromatic rings. The van der Waals surface area contributed by atoms with Crippen molar-refractivity contribution in [1.29, 1.82) is 0 Å². The molecule has 0 saturated carbocycles. The van der Waals surface area contributed by atoms with Gasteiger partial charge in [-0.1, -0.05) is 158 Å². The Labute approximate surface area is 289 Å². The smallest absolute Gasteiger partial charge is 0.186 e. The average Bonchev–Trinajstić information content (AvgIpc) is 3.18. The lowest BCUT2D eigenvalue weighted by molar-refractivity contribution is -0.322. The van der Waals surface area contributed by atoms with Gasteiger partial charge in [-0.2, -0.15) is 0 Å². The fraction of sp³-hybridized carbons (Fsp3) is 0.256. The molecule has 1 fully saturated rings. The number of rotatable bonds is 16. The van der Waals surface area contributed by atoms with E-state index in [1.54, 1.807) is 13.2 Å². The molecule has 6 nitrogen and oxygen atoms in total. The van der Waals surface area contributed by atoms with Crippen LogP contribution >= 0.6 is 0 Å². The summed E-state index contributed by atoms with van der Waals surface area (Å²) in [7, 11) is 1.63. The molecule has 0 radical (unpaired) electrons. The van der Waals surface area contributed by atoms with Gasteiger partial charge in [0.05, 0.1) is 26.4 Å². The molecule has 1 saturated heterocycles. The summed E-state index contributed by atoms with van der Waals surface area (Å²) in [5.74, 6) is 0. The van der Waals surface area contributed by atoms with Gasteiger partial charge in [-0.3, -0.25) is 0 Å². The fourth-order valence-corrected chi connectivity index (χ4v) is 6.46. The molecule has 0 unspecified atom stereocenters. The molecule has 0 amide bonds. The van der Waals surface area contributed by atoms with Crippen LogP contribution in [0.2, 0.25) is 0 Å². The zero-order valence-electron chi connectivity index (χ0n) is 27.9. The minimum absolute atomic E-state index is 0.164. The second-order valence-electron chi connectivity index (χ2n) is 12.0. The molecule has 5 aromatic carbocycles. The maximum absolute atomic E-state index is 7.22. The van der Waals surface area contributed by atoms with Crippen LogP contribution in [0.3, 0.4) is 0 Å². The second-order valence-corrected chi connectivity index (χ2v) is 12.0. The first-order valence-corrected chi connectivity index (χ1v) is 16.7. The van der Waals surface area contributed by atoms with Crippen molar-refractivity contribution >= 4 is 0 Å². The van der Waals surface area contributed by atoms with Gasteiger partial charge >= 0.3 is 0 Å². The molecule has 6 heteroatoms. The van der Waals surface area contributed by atoms with Crippen LogP contribution < -0.4 is 0 Å². The molecular formula is C43H44O6. The Morgan fingerprint density at radius 3 is 1.43 bits per heavy atom. The van der Waals surface area contributed by atoms with E-state index in [4.69, 9.17) is 28.4 Å². The van der Waals surface area contributed by atoms with Gasteiger partial charge in [0, 0.05) is 7.11 Å². The lowest BCUT2D eigenvalue weighted by Crippen LogP contribution is -2.62. The first kappa shape index (κ1) is 34.5. The Morgan fingerprint density at radius 2 is 1.00 bits per heavy atom. The van der Waals surface area contributed by atoms with Crippen molar-refractivity contribution in [3.8, 4) is 0 Å². The van der Waals surface area contributed by atoms with Gasteiger partial charge in [-0.15, -0.1) is 6.58 Å². The highest BCUT2D eigenvalue weighted by Crippen LogP contribution is 2.41. The fourth-order valence-electron chi connectivity index (χ4n) is 6.46. The quantitative estimate of drug-likeness (QED) is 0.0791. The molecule has 0 spiro atoms. The Hall–Kier alpha value is -4.40. The molecular weight excluding hydrogens is 612 g/mol. The minimum atomic E-state index is -0.945. The van der Waals surface area contributed by atoms with Crippen molar-refractivity contribution in [1.82, 2.24) is 0 Å². The van der Waals surface area contributed by atoms with Crippen LogP contribution in [0.5, 0.6) is 0 Å². The molecule has 1 heterocycles. The topological polar surface area (TPSA) is 55.4 Å². The molecule has 0 N–H and O–H groups in total. The summed E-state index contributed by atoms with van der Waals surface area (Å²) < 4.78 is 39.7. The predicted molar refractivity (Wildman–Crippen MR) is 191 cm³/mol. The van der Waals surface area contributed by atoms with Crippen LogP contribution in [0.4, 0.5) is 0 Å². The number of benzene rings is 5. The van der Waals surface area contributed by atoms with E-state index in [9.17, 15) is 0 Å². The summed E-state index contributed by atoms with van der Waals surface area (Å²) in [4.78, 5) is 0. The van der Waals surface area contributed by atoms with Crippen molar-refractivity contribution in [3.63, 3.8) is 0 Å². The summed E-state index contributed by atoms with van der Waals surface area (Å²) in [6, 6.07) is 51.0. The van der Waals surface area contributed by atoms with Gasteiger partial charge in [0.15, 0.2) is 6.29 Å². The monoisotopic (exact) mass is 656 g/mol. The molecule has 0 aromatic heterocycles. The lowest BCUT2D eigenvalue weighted by Gasteiger charge is -2.46. The SMILES string of the molecule is C=CCO[C@H]1[C@H](OCc2ccccc2)[C@@H](OCc2ccccc2)[C@@H](OC)O[C@@H]1COC(c1ccccc1)(c1ccccc1)c1ccccc1. The maximum atomic E-state index is 7.22. The Balaban J connectivity index is 1.37. The van der Waals surface area contributed by atoms with E-state index in [0.29, 0.717) is 19.8 Å². The van der Waals surface area contributed by atoms with Gasteiger partial charge in [-0.25, -0.2) is 0 Å². The van der Waals surface area contributed by atoms with E-state index in [-0.39, 0.29) is 6.61 Å². The lowest BCUT2D eigenvalue weighted by atomic mass is 9.80. The molecule has 0 bridgehead atoms. The predicted octanol–water partition coefficient (Wildman–Crippen LogP) is 8.11. The van der Waals surface area contributed by atoms with E-state index in [1.165, 1.54) is 0 Å². The Bertz CT molecular complexity index is 1570. The Kier molecular flexibility index (Phi) is 12.2. The van der Waals surface area contributed by atoms with Gasteiger partial charge in [0.2, 0.25) is 0 Å². The van der Waals surface area contributed by atoms with E-state index >= 15 is 0 Å². The van der Waals surface area contributed by atoms with E-state index in [0.717, 1.165) is 27.8 Å². The van der Waals surface area contributed by atoms with Crippen LogP contribution in [-0.4, -0.2) is 51.0 Å². The highest BCUT2D eigenvalue weighted by molar-refractivity contribution is 5.47. The third kappa shape index (κ3) is 8.26. The van der Waals surface area contributed by atoms with Crippen molar-refractivity contribution in [2.75, 3.05) is 20.3 Å². The van der Waals surface area contributed by atoms with Crippen molar-refractivity contribution in [2.45, 2.75) is 49.5 Å². The molecule has 6 rings (SSSR count). The average molecular weight is 657 g/mol. The molecule has 49 heavy (non-hydrogen) atoms. The molecule has 1 aliphatic rings. The van der Waals surface area contributed by atoms with Crippen LogP contribution in [-0.2, 0) is 47.2 Å². The molecule has 0 aliphatic carbocycles. The van der Waals surface area contributed by atoms with Crippen LogP contribution in [0.25, 0.3) is 0 Å². The number of methoxy groups -OCH3 is 1. The number of hydrogen-bond donors (Lipinski definition) is 0. The second kappa shape index (κ2) is 17.3. The summed E-state index contributed by atoms with van der Waals surface area (Å²) in [6.07, 6.45) is -1.33. The first-order valence-electron chi connectivity index (χ1n) is 16.7. The number of ether oxygens (including phenoxy) is 6. The van der Waals surface area contributed by atoms with E-state index in [2.05, 4.69) is 43.0 Å². The Morgan fingerprint density at radius 1 is 0.571 bits per heavy atom. The van der Waals surface area contributed by atoms with Crippen LogP contribution in [0.15, 0.2) is 164 Å². The third-order valence-corrected chi connectivity index (χ3v) is 8.81. The largest absolute Gasteiger partial charge is 0.369 e. The summed E-state index contributed by atoms with van der Waals surface area (Å²) in [6.45, 7) is 5.09. The molecule has 5 atom stereocenters. The highest BCUT2D eigenvalue weighted by atomic mass is 16.7. The van der Waals surface area contributed by atoms with Crippen LogP contribution in [0, 0.1) is 0 Å². The third-order valence-electron chi connectivity index (χ3n) is 8.81. The van der Waals surface area contributed by atoms with Gasteiger partial charge in [-0.05, 0) is 27.8 Å². The number of hydrogen-bond acceptors (Lipinski definition) is 6.